The summed E-state index contributed by atoms with van der Waals surface area (Å²) in [5.74, 6) is 1.57. The van der Waals surface area contributed by atoms with Crippen molar-refractivity contribution in [1.29, 1.82) is 0 Å². The van der Waals surface area contributed by atoms with Crippen LogP contribution in [0.2, 0.25) is 0 Å². The lowest BCUT2D eigenvalue weighted by Gasteiger charge is -2.08. The maximum atomic E-state index is 10.4. The van der Waals surface area contributed by atoms with Gasteiger partial charge >= 0.3 is 5.97 Å². The Hall–Kier alpha value is -1.79. The fourth-order valence-corrected chi connectivity index (χ4v) is 1.13. The monoisotopic (exact) mass is 189 g/mol. The number of nitrogens with two attached hydrogens (primary N) is 1. The van der Waals surface area contributed by atoms with Crippen molar-refractivity contribution in [2.24, 2.45) is 5.73 Å². The molecule has 0 aromatic heterocycles. The fraction of sp³-hybridized carbons (Fsp3) is 0.182. The molecule has 1 aromatic carbocycles. The Morgan fingerprint density at radius 1 is 1.50 bits per heavy atom. The minimum atomic E-state index is -0.904. The van der Waals surface area contributed by atoms with Crippen molar-refractivity contribution in [1.82, 2.24) is 0 Å². The lowest BCUT2D eigenvalue weighted by atomic mass is 10.0. The molecule has 0 heterocycles. The van der Waals surface area contributed by atoms with Gasteiger partial charge < -0.3 is 10.8 Å². The summed E-state index contributed by atoms with van der Waals surface area (Å²) in [4.78, 5) is 10.4. The van der Waals surface area contributed by atoms with Gasteiger partial charge in [-0.25, -0.2) is 0 Å². The summed E-state index contributed by atoms with van der Waals surface area (Å²) in [5.41, 5.74) is 7.20. The van der Waals surface area contributed by atoms with E-state index in [9.17, 15) is 4.79 Å². The van der Waals surface area contributed by atoms with Crippen LogP contribution in [0.5, 0.6) is 0 Å². The highest BCUT2D eigenvalue weighted by atomic mass is 16.4. The molecule has 3 nitrogen and oxygen atoms in total. The van der Waals surface area contributed by atoms with E-state index in [0.717, 1.165) is 11.1 Å². The third-order valence-electron chi connectivity index (χ3n) is 1.90. The Balaban J connectivity index is 2.77. The summed E-state index contributed by atoms with van der Waals surface area (Å²) in [5, 5.41) is 8.53. The van der Waals surface area contributed by atoms with Crippen molar-refractivity contribution in [2.45, 2.75) is 12.5 Å². The van der Waals surface area contributed by atoms with Gasteiger partial charge in [0.05, 0.1) is 6.42 Å². The molecule has 0 bridgehead atoms. The summed E-state index contributed by atoms with van der Waals surface area (Å²) in [6.07, 6.45) is 5.11. The van der Waals surface area contributed by atoms with Gasteiger partial charge in [-0.2, -0.15) is 0 Å². The van der Waals surface area contributed by atoms with E-state index in [1.165, 1.54) is 0 Å². The summed E-state index contributed by atoms with van der Waals surface area (Å²) >= 11 is 0. The van der Waals surface area contributed by atoms with Gasteiger partial charge in [0.2, 0.25) is 0 Å². The first-order chi connectivity index (χ1) is 6.63. The molecular weight excluding hydrogens is 178 g/mol. The van der Waals surface area contributed by atoms with Crippen LogP contribution in [0.15, 0.2) is 24.3 Å². The summed E-state index contributed by atoms with van der Waals surface area (Å²) in [6.45, 7) is 0. The smallest absolute Gasteiger partial charge is 0.305 e. The standard InChI is InChI=1S/C11H11NO2/c1-2-8-3-5-9(6-4-8)10(12)7-11(13)14/h1,3-6,10H,7,12H2,(H,13,14)/t10-/m0/s1. The Morgan fingerprint density at radius 3 is 2.50 bits per heavy atom. The molecule has 0 spiro atoms. The lowest BCUT2D eigenvalue weighted by molar-refractivity contribution is -0.137. The number of carboxylic acids is 1. The van der Waals surface area contributed by atoms with Gasteiger partial charge in [0.25, 0.3) is 0 Å². The Kier molecular flexibility index (Phi) is 3.27. The van der Waals surface area contributed by atoms with Gasteiger partial charge in [0.15, 0.2) is 0 Å². The van der Waals surface area contributed by atoms with Crippen molar-refractivity contribution in [3.8, 4) is 12.3 Å². The minimum absolute atomic E-state index is 0.0740. The van der Waals surface area contributed by atoms with Gasteiger partial charge in [0, 0.05) is 11.6 Å². The second kappa shape index (κ2) is 4.45. The topological polar surface area (TPSA) is 63.3 Å². The number of carboxylic acid groups (broad SMARTS) is 1. The number of carbonyl (C=O) groups is 1. The van der Waals surface area contributed by atoms with Crippen molar-refractivity contribution < 1.29 is 9.90 Å². The Labute approximate surface area is 82.6 Å². The molecule has 0 unspecified atom stereocenters. The summed E-state index contributed by atoms with van der Waals surface area (Å²) in [6, 6.07) is 6.53. The molecular formula is C11H11NO2. The maximum absolute atomic E-state index is 10.4. The van der Waals surface area contributed by atoms with E-state index < -0.39 is 12.0 Å². The van der Waals surface area contributed by atoms with E-state index in [1.807, 2.05) is 0 Å². The molecule has 0 saturated carbocycles. The third kappa shape index (κ3) is 2.61. The molecule has 0 aliphatic rings. The predicted octanol–water partition coefficient (Wildman–Crippen LogP) is 1.14. The zero-order chi connectivity index (χ0) is 10.6. The molecule has 3 N–H and O–H groups in total. The van der Waals surface area contributed by atoms with E-state index in [4.69, 9.17) is 17.3 Å². The van der Waals surface area contributed by atoms with E-state index in [0.29, 0.717) is 0 Å². The van der Waals surface area contributed by atoms with Crippen LogP contribution in [0.4, 0.5) is 0 Å². The quantitative estimate of drug-likeness (QED) is 0.701. The highest BCUT2D eigenvalue weighted by Gasteiger charge is 2.09. The minimum Gasteiger partial charge on any atom is -0.481 e. The van der Waals surface area contributed by atoms with E-state index in [1.54, 1.807) is 24.3 Å². The summed E-state index contributed by atoms with van der Waals surface area (Å²) < 4.78 is 0. The molecule has 72 valence electrons. The van der Waals surface area contributed by atoms with Crippen molar-refractivity contribution >= 4 is 5.97 Å². The molecule has 1 aromatic rings. The maximum Gasteiger partial charge on any atom is 0.305 e. The molecule has 0 radical (unpaired) electrons. The zero-order valence-corrected chi connectivity index (χ0v) is 7.60. The molecule has 14 heavy (non-hydrogen) atoms. The molecule has 0 aliphatic heterocycles. The van der Waals surface area contributed by atoms with Gasteiger partial charge in [-0.05, 0) is 17.7 Å². The predicted molar refractivity (Wildman–Crippen MR) is 53.6 cm³/mol. The Morgan fingerprint density at radius 2 is 2.07 bits per heavy atom. The van der Waals surface area contributed by atoms with Crippen molar-refractivity contribution in [3.63, 3.8) is 0 Å². The number of rotatable bonds is 3. The molecule has 0 amide bonds. The number of hydrogen-bond acceptors (Lipinski definition) is 2. The van der Waals surface area contributed by atoms with Crippen LogP contribution in [-0.2, 0) is 4.79 Å². The fourth-order valence-electron chi connectivity index (χ4n) is 1.13. The average Bonchev–Trinajstić information content (AvgIpc) is 2.17. The van der Waals surface area contributed by atoms with Crippen LogP contribution >= 0.6 is 0 Å². The van der Waals surface area contributed by atoms with E-state index >= 15 is 0 Å². The van der Waals surface area contributed by atoms with Crippen molar-refractivity contribution in [2.75, 3.05) is 0 Å². The zero-order valence-electron chi connectivity index (χ0n) is 7.60. The third-order valence-corrected chi connectivity index (χ3v) is 1.90. The van der Waals surface area contributed by atoms with Crippen molar-refractivity contribution in [3.05, 3.63) is 35.4 Å². The molecule has 0 saturated heterocycles. The van der Waals surface area contributed by atoms with Crippen LogP contribution in [0.1, 0.15) is 23.6 Å². The normalized spacial score (nSPS) is 11.7. The lowest BCUT2D eigenvalue weighted by Crippen LogP contribution is -2.14. The SMILES string of the molecule is C#Cc1ccc([C@@H](N)CC(=O)O)cc1. The van der Waals surface area contributed by atoms with Crippen LogP contribution < -0.4 is 5.73 Å². The molecule has 1 rings (SSSR count). The molecule has 0 fully saturated rings. The second-order valence-electron chi connectivity index (χ2n) is 2.97. The molecule has 1 atom stereocenters. The first-order valence-corrected chi connectivity index (χ1v) is 4.17. The number of hydrogen-bond donors (Lipinski definition) is 2. The molecule has 0 aliphatic carbocycles. The van der Waals surface area contributed by atoms with E-state index in [2.05, 4.69) is 5.92 Å². The average molecular weight is 189 g/mol. The van der Waals surface area contributed by atoms with Crippen LogP contribution in [0, 0.1) is 12.3 Å². The highest BCUT2D eigenvalue weighted by Crippen LogP contribution is 2.14. The van der Waals surface area contributed by atoms with Gasteiger partial charge in [-0.15, -0.1) is 6.42 Å². The van der Waals surface area contributed by atoms with Crippen LogP contribution in [0.25, 0.3) is 0 Å². The van der Waals surface area contributed by atoms with Gasteiger partial charge in [0.1, 0.15) is 0 Å². The molecule has 3 heteroatoms. The first-order valence-electron chi connectivity index (χ1n) is 4.17. The highest BCUT2D eigenvalue weighted by molar-refractivity contribution is 5.67. The van der Waals surface area contributed by atoms with Crippen LogP contribution in [-0.4, -0.2) is 11.1 Å². The first kappa shape index (κ1) is 10.3. The summed E-state index contributed by atoms with van der Waals surface area (Å²) in [7, 11) is 0. The van der Waals surface area contributed by atoms with E-state index in [-0.39, 0.29) is 6.42 Å². The number of benzene rings is 1. The largest absolute Gasteiger partial charge is 0.481 e. The van der Waals surface area contributed by atoms with Gasteiger partial charge in [-0.3, -0.25) is 4.79 Å². The van der Waals surface area contributed by atoms with Gasteiger partial charge in [-0.1, -0.05) is 18.1 Å². The Bertz CT molecular complexity index is 362. The van der Waals surface area contributed by atoms with Crippen LogP contribution in [0.3, 0.4) is 0 Å². The second-order valence-corrected chi connectivity index (χ2v) is 2.97. The number of terminal acetylenes is 1. The number of aliphatic carboxylic acids is 1.